The Hall–Kier alpha value is -0.850. The van der Waals surface area contributed by atoms with E-state index in [2.05, 4.69) is 19.4 Å². The smallest absolute Gasteiger partial charge is 0.171 e. The third kappa shape index (κ3) is 2.33. The topological polar surface area (TPSA) is 3.01 Å². The van der Waals surface area contributed by atoms with Gasteiger partial charge < -0.3 is 0 Å². The first-order chi connectivity index (χ1) is 5.74. The molecule has 1 aliphatic rings. The van der Waals surface area contributed by atoms with Gasteiger partial charge in [-0.15, -0.1) is 0 Å². The van der Waals surface area contributed by atoms with Crippen molar-refractivity contribution < 1.29 is 4.58 Å². The van der Waals surface area contributed by atoms with Crippen LogP contribution in [0.25, 0.3) is 0 Å². The first kappa shape index (κ1) is 9.24. The standard InChI is InChI=1S/C11H18N/c1-4-12(3)9-10(2)11-7-5-6-8-11/h4,9,11H,1-2,5-8H2,3H3/q+1. The molecule has 66 valence electrons. The van der Waals surface area contributed by atoms with Crippen LogP contribution in [0.3, 0.4) is 0 Å². The summed E-state index contributed by atoms with van der Waals surface area (Å²) in [6.07, 6.45) is 9.27. The maximum Gasteiger partial charge on any atom is 0.171 e. The van der Waals surface area contributed by atoms with Gasteiger partial charge in [0.25, 0.3) is 0 Å². The summed E-state index contributed by atoms with van der Waals surface area (Å²) >= 11 is 0. The molecule has 0 amide bonds. The van der Waals surface area contributed by atoms with Crippen LogP contribution in [0.4, 0.5) is 0 Å². The predicted molar refractivity (Wildman–Crippen MR) is 53.5 cm³/mol. The molecule has 1 fully saturated rings. The van der Waals surface area contributed by atoms with Gasteiger partial charge in [0.15, 0.2) is 12.4 Å². The molecule has 1 saturated carbocycles. The van der Waals surface area contributed by atoms with Crippen molar-refractivity contribution in [2.45, 2.75) is 25.7 Å². The summed E-state index contributed by atoms with van der Waals surface area (Å²) in [7, 11) is 1.99. The Morgan fingerprint density at radius 1 is 1.42 bits per heavy atom. The third-order valence-corrected chi connectivity index (χ3v) is 2.54. The van der Waals surface area contributed by atoms with Gasteiger partial charge in [-0.3, -0.25) is 0 Å². The van der Waals surface area contributed by atoms with E-state index in [1.807, 2.05) is 11.6 Å². The molecule has 0 radical (unpaired) electrons. The van der Waals surface area contributed by atoms with E-state index in [1.165, 1.54) is 31.3 Å². The number of hydrogen-bond donors (Lipinski definition) is 0. The Morgan fingerprint density at radius 3 is 2.50 bits per heavy atom. The molecule has 0 atom stereocenters. The van der Waals surface area contributed by atoms with Gasteiger partial charge in [0.05, 0.1) is 0 Å². The van der Waals surface area contributed by atoms with E-state index in [1.54, 1.807) is 6.20 Å². The van der Waals surface area contributed by atoms with E-state index in [4.69, 9.17) is 0 Å². The highest BCUT2D eigenvalue weighted by molar-refractivity contribution is 5.74. The quantitative estimate of drug-likeness (QED) is 0.445. The highest BCUT2D eigenvalue weighted by Crippen LogP contribution is 2.29. The van der Waals surface area contributed by atoms with Crippen LogP contribution in [-0.4, -0.2) is 17.8 Å². The second-order valence-corrected chi connectivity index (χ2v) is 3.53. The van der Waals surface area contributed by atoms with E-state index in [9.17, 15) is 0 Å². The van der Waals surface area contributed by atoms with Crippen LogP contribution in [0, 0.1) is 5.92 Å². The van der Waals surface area contributed by atoms with Gasteiger partial charge in [0.2, 0.25) is 0 Å². The molecular weight excluding hydrogens is 146 g/mol. The average Bonchev–Trinajstić information content (AvgIpc) is 2.56. The normalized spacial score (nSPS) is 19.6. The minimum absolute atomic E-state index is 0.729. The van der Waals surface area contributed by atoms with Crippen molar-refractivity contribution in [1.29, 1.82) is 0 Å². The molecule has 0 aromatic rings. The molecule has 12 heavy (non-hydrogen) atoms. The average molecular weight is 164 g/mol. The minimum Gasteiger partial charge on any atom is -0.208 e. The lowest BCUT2D eigenvalue weighted by molar-refractivity contribution is -0.415. The molecule has 0 unspecified atom stereocenters. The van der Waals surface area contributed by atoms with Gasteiger partial charge in [0, 0.05) is 5.57 Å². The monoisotopic (exact) mass is 164 g/mol. The Kier molecular flexibility index (Phi) is 3.27. The molecule has 0 spiro atoms. The van der Waals surface area contributed by atoms with Crippen LogP contribution in [0.1, 0.15) is 25.7 Å². The molecule has 0 aliphatic heterocycles. The Balaban J connectivity index is 2.52. The second kappa shape index (κ2) is 4.24. The fraction of sp³-hybridized carbons (Fsp3) is 0.545. The summed E-state index contributed by atoms with van der Waals surface area (Å²) in [5, 5.41) is 0. The number of allylic oxidation sites excluding steroid dienone is 1. The van der Waals surface area contributed by atoms with Gasteiger partial charge in [-0.05, 0) is 25.3 Å². The van der Waals surface area contributed by atoms with Crippen LogP contribution in [0.5, 0.6) is 0 Å². The maximum absolute atomic E-state index is 4.08. The van der Waals surface area contributed by atoms with E-state index >= 15 is 0 Å². The summed E-state index contributed by atoms with van der Waals surface area (Å²) in [6, 6.07) is 0. The molecule has 1 rings (SSSR count). The molecule has 0 heterocycles. The second-order valence-electron chi connectivity index (χ2n) is 3.53. The van der Waals surface area contributed by atoms with E-state index < -0.39 is 0 Å². The van der Waals surface area contributed by atoms with Crippen molar-refractivity contribution in [3.8, 4) is 0 Å². The summed E-state index contributed by atoms with van der Waals surface area (Å²) < 4.78 is 1.97. The lowest BCUT2D eigenvalue weighted by atomic mass is 10.0. The van der Waals surface area contributed by atoms with Gasteiger partial charge in [-0.25, -0.2) is 4.58 Å². The summed E-state index contributed by atoms with van der Waals surface area (Å²) in [4.78, 5) is 0. The van der Waals surface area contributed by atoms with Gasteiger partial charge in [-0.2, -0.15) is 0 Å². The summed E-state index contributed by atoms with van der Waals surface area (Å²) in [5.41, 5.74) is 1.26. The lowest BCUT2D eigenvalue weighted by Crippen LogP contribution is -2.05. The van der Waals surface area contributed by atoms with Crippen molar-refractivity contribution in [3.05, 3.63) is 24.9 Å². The first-order valence-electron chi connectivity index (χ1n) is 4.62. The molecule has 0 aromatic carbocycles. The van der Waals surface area contributed by atoms with E-state index in [0.717, 1.165) is 5.92 Å². The molecule has 0 bridgehead atoms. The van der Waals surface area contributed by atoms with Crippen LogP contribution < -0.4 is 0 Å². The Bertz CT molecular complexity index is 207. The van der Waals surface area contributed by atoms with Crippen molar-refractivity contribution >= 4 is 6.21 Å². The zero-order valence-electron chi connectivity index (χ0n) is 7.92. The van der Waals surface area contributed by atoms with Gasteiger partial charge >= 0.3 is 0 Å². The van der Waals surface area contributed by atoms with Crippen LogP contribution in [-0.2, 0) is 0 Å². The maximum atomic E-state index is 4.08. The molecule has 1 nitrogen and oxygen atoms in total. The number of rotatable bonds is 3. The zero-order chi connectivity index (χ0) is 8.97. The highest BCUT2D eigenvalue weighted by atomic mass is 14.9. The lowest BCUT2D eigenvalue weighted by Gasteiger charge is -2.05. The number of hydrogen-bond acceptors (Lipinski definition) is 0. The van der Waals surface area contributed by atoms with Crippen molar-refractivity contribution in [3.63, 3.8) is 0 Å². The molecular formula is C11H18N+. The number of nitrogens with zero attached hydrogens (tertiary/aromatic N) is 1. The van der Waals surface area contributed by atoms with Crippen molar-refractivity contribution in [1.82, 2.24) is 0 Å². The zero-order valence-corrected chi connectivity index (χ0v) is 7.92. The van der Waals surface area contributed by atoms with Gasteiger partial charge in [0.1, 0.15) is 7.05 Å². The summed E-state index contributed by atoms with van der Waals surface area (Å²) in [6.45, 7) is 7.77. The minimum atomic E-state index is 0.729. The molecule has 1 aliphatic carbocycles. The van der Waals surface area contributed by atoms with Crippen LogP contribution in [0.2, 0.25) is 0 Å². The largest absolute Gasteiger partial charge is 0.208 e. The summed E-state index contributed by atoms with van der Waals surface area (Å²) in [5.74, 6) is 0.729. The molecule has 0 saturated heterocycles. The fourth-order valence-electron chi connectivity index (χ4n) is 1.72. The third-order valence-electron chi connectivity index (χ3n) is 2.54. The molecule has 0 aromatic heterocycles. The SMILES string of the molecule is C=C[N+](C)=CC(=C)C1CCCC1. The van der Waals surface area contributed by atoms with Crippen molar-refractivity contribution in [2.24, 2.45) is 5.92 Å². The van der Waals surface area contributed by atoms with Crippen LogP contribution in [0.15, 0.2) is 24.9 Å². The first-order valence-corrected chi connectivity index (χ1v) is 4.62. The predicted octanol–water partition coefficient (Wildman–Crippen LogP) is 2.59. The van der Waals surface area contributed by atoms with Crippen LogP contribution >= 0.6 is 0 Å². The molecule has 0 N–H and O–H groups in total. The van der Waals surface area contributed by atoms with E-state index in [0.29, 0.717) is 0 Å². The van der Waals surface area contributed by atoms with Crippen molar-refractivity contribution in [2.75, 3.05) is 7.05 Å². The molecule has 1 heteroatoms. The van der Waals surface area contributed by atoms with Gasteiger partial charge in [-0.1, -0.05) is 19.4 Å². The fourth-order valence-corrected chi connectivity index (χ4v) is 1.72. The van der Waals surface area contributed by atoms with E-state index in [-0.39, 0.29) is 0 Å². The highest BCUT2D eigenvalue weighted by Gasteiger charge is 2.18. The Morgan fingerprint density at radius 2 is 2.00 bits per heavy atom. The Labute approximate surface area is 75.1 Å².